The molecule has 33 heavy (non-hydrogen) atoms. The zero-order valence-electron chi connectivity index (χ0n) is 19.0. The molecule has 0 fully saturated rings. The lowest BCUT2D eigenvalue weighted by Gasteiger charge is -2.23. The monoisotopic (exact) mass is 477 g/mol. The number of nitrogens with one attached hydrogen (secondary N) is 3. The summed E-state index contributed by atoms with van der Waals surface area (Å²) in [5.74, 6) is -0.0622. The molecule has 0 bridgehead atoms. The highest BCUT2D eigenvalue weighted by Crippen LogP contribution is 2.43. The Kier molecular flexibility index (Phi) is 11.4. The SMILES string of the molecule is CCOC(=O)[C@H](C)NP(=O)(CCNCCNC(=O)OCc1ccccc1)Oc1ccccc1. The van der Waals surface area contributed by atoms with E-state index in [-0.39, 0.29) is 19.4 Å². The largest absolute Gasteiger partial charge is 0.465 e. The Morgan fingerprint density at radius 3 is 2.27 bits per heavy atom. The molecule has 0 aliphatic carbocycles. The number of carbonyl (C=O) groups excluding carboxylic acids is 2. The Labute approximate surface area is 194 Å². The number of hydrogen-bond acceptors (Lipinski definition) is 7. The average Bonchev–Trinajstić information content (AvgIpc) is 2.81. The second-order valence-corrected chi connectivity index (χ2v) is 9.38. The van der Waals surface area contributed by atoms with Crippen molar-refractivity contribution in [3.63, 3.8) is 0 Å². The van der Waals surface area contributed by atoms with Gasteiger partial charge in [0, 0.05) is 19.6 Å². The van der Waals surface area contributed by atoms with E-state index in [0.717, 1.165) is 5.56 Å². The molecule has 0 radical (unpaired) electrons. The molecule has 0 heterocycles. The van der Waals surface area contributed by atoms with E-state index < -0.39 is 25.6 Å². The second kappa shape index (κ2) is 14.3. The van der Waals surface area contributed by atoms with Crippen LogP contribution >= 0.6 is 7.52 Å². The Bertz CT molecular complexity index is 898. The first-order valence-corrected chi connectivity index (χ1v) is 12.7. The van der Waals surface area contributed by atoms with E-state index in [4.69, 9.17) is 14.0 Å². The lowest BCUT2D eigenvalue weighted by Crippen LogP contribution is -2.37. The van der Waals surface area contributed by atoms with Crippen molar-refractivity contribution in [2.75, 3.05) is 32.4 Å². The molecule has 0 aromatic heterocycles. The van der Waals surface area contributed by atoms with E-state index in [0.29, 0.717) is 25.4 Å². The van der Waals surface area contributed by atoms with Crippen molar-refractivity contribution in [3.8, 4) is 5.75 Å². The van der Waals surface area contributed by atoms with Crippen LogP contribution in [-0.2, 0) is 25.4 Å². The van der Waals surface area contributed by atoms with E-state index >= 15 is 0 Å². The summed E-state index contributed by atoms with van der Waals surface area (Å²) < 4.78 is 29.2. The van der Waals surface area contributed by atoms with Crippen LogP contribution in [0.4, 0.5) is 4.79 Å². The molecule has 0 spiro atoms. The molecule has 10 heteroatoms. The number of alkyl carbamates (subject to hydrolysis) is 1. The number of ether oxygens (including phenoxy) is 2. The molecular weight excluding hydrogens is 445 g/mol. The average molecular weight is 477 g/mol. The second-order valence-electron chi connectivity index (χ2n) is 7.14. The summed E-state index contributed by atoms with van der Waals surface area (Å²) in [6, 6.07) is 17.4. The Morgan fingerprint density at radius 1 is 0.939 bits per heavy atom. The maximum atomic E-state index is 13.4. The number of amides is 1. The summed E-state index contributed by atoms with van der Waals surface area (Å²) in [6.45, 7) is 4.84. The maximum absolute atomic E-state index is 13.4. The van der Waals surface area contributed by atoms with Gasteiger partial charge in [0.1, 0.15) is 18.4 Å². The summed E-state index contributed by atoms with van der Waals surface area (Å²) in [5.41, 5.74) is 0.907. The number of esters is 1. The minimum Gasteiger partial charge on any atom is -0.465 e. The highest BCUT2D eigenvalue weighted by atomic mass is 31.2. The van der Waals surface area contributed by atoms with E-state index in [1.54, 1.807) is 38.1 Å². The standard InChI is InChI=1S/C23H32N3O6P/c1-3-30-22(27)19(2)26-33(29,32-21-12-8-5-9-13-21)17-16-24-14-15-25-23(28)31-18-20-10-6-4-7-11-20/h4-13,19,24H,3,14-18H2,1-2H3,(H,25,28)(H,26,29)/t19-,33?/m0/s1. The molecule has 0 aliphatic rings. The van der Waals surface area contributed by atoms with E-state index in [1.807, 2.05) is 36.4 Å². The third-order valence-corrected chi connectivity index (χ3v) is 6.49. The van der Waals surface area contributed by atoms with E-state index in [1.165, 1.54) is 0 Å². The van der Waals surface area contributed by atoms with E-state index in [9.17, 15) is 14.2 Å². The van der Waals surface area contributed by atoms with Crippen LogP contribution < -0.4 is 20.2 Å². The van der Waals surface area contributed by atoms with Gasteiger partial charge in [-0.3, -0.25) is 9.36 Å². The van der Waals surface area contributed by atoms with Gasteiger partial charge in [0.05, 0.1) is 12.8 Å². The van der Waals surface area contributed by atoms with Crippen molar-refractivity contribution in [2.45, 2.75) is 26.5 Å². The van der Waals surface area contributed by atoms with Gasteiger partial charge < -0.3 is 24.6 Å². The summed E-state index contributed by atoms with van der Waals surface area (Å²) in [6.07, 6.45) is -0.381. The lowest BCUT2D eigenvalue weighted by atomic mass is 10.2. The fourth-order valence-corrected chi connectivity index (χ4v) is 4.66. The van der Waals surface area contributed by atoms with Crippen LogP contribution in [-0.4, -0.2) is 50.5 Å². The summed E-state index contributed by atoms with van der Waals surface area (Å²) in [4.78, 5) is 23.7. The molecule has 3 N–H and O–H groups in total. The summed E-state index contributed by atoms with van der Waals surface area (Å²) >= 11 is 0. The van der Waals surface area contributed by atoms with Gasteiger partial charge in [-0.1, -0.05) is 48.5 Å². The van der Waals surface area contributed by atoms with Crippen molar-refractivity contribution in [3.05, 3.63) is 66.2 Å². The van der Waals surface area contributed by atoms with Crippen LogP contribution in [0.1, 0.15) is 19.4 Å². The van der Waals surface area contributed by atoms with Crippen molar-refractivity contribution in [1.29, 1.82) is 0 Å². The van der Waals surface area contributed by atoms with Crippen LogP contribution in [0.15, 0.2) is 60.7 Å². The fourth-order valence-electron chi connectivity index (χ4n) is 2.78. The molecule has 2 aromatic rings. The fraction of sp³-hybridized carbons (Fsp3) is 0.391. The molecule has 2 aromatic carbocycles. The smallest absolute Gasteiger partial charge is 0.407 e. The number of carbonyl (C=O) groups is 2. The molecular formula is C23H32N3O6P. The normalized spacial score (nSPS) is 13.4. The third kappa shape index (κ3) is 10.5. The number of rotatable bonds is 14. The van der Waals surface area contributed by atoms with Crippen LogP contribution in [0, 0.1) is 0 Å². The number of para-hydroxylation sites is 1. The zero-order valence-corrected chi connectivity index (χ0v) is 19.9. The van der Waals surface area contributed by atoms with E-state index in [2.05, 4.69) is 15.7 Å². The van der Waals surface area contributed by atoms with Crippen LogP contribution in [0.5, 0.6) is 5.75 Å². The van der Waals surface area contributed by atoms with Crippen LogP contribution in [0.3, 0.4) is 0 Å². The predicted molar refractivity (Wildman–Crippen MR) is 126 cm³/mol. The quantitative estimate of drug-likeness (QED) is 0.216. The summed E-state index contributed by atoms with van der Waals surface area (Å²) in [5, 5.41) is 8.55. The molecule has 1 amide bonds. The molecule has 0 aliphatic heterocycles. The first kappa shape index (κ1) is 26.4. The molecule has 0 saturated carbocycles. The number of benzene rings is 2. The highest BCUT2D eigenvalue weighted by Gasteiger charge is 2.29. The molecule has 9 nitrogen and oxygen atoms in total. The third-order valence-electron chi connectivity index (χ3n) is 4.39. The molecule has 180 valence electrons. The summed E-state index contributed by atoms with van der Waals surface area (Å²) in [7, 11) is -3.41. The minimum atomic E-state index is -3.41. The topological polar surface area (TPSA) is 115 Å². The van der Waals surface area contributed by atoms with Gasteiger partial charge in [-0.25, -0.2) is 9.88 Å². The first-order chi connectivity index (χ1) is 15.9. The van der Waals surface area contributed by atoms with Crippen molar-refractivity contribution in [2.24, 2.45) is 0 Å². The van der Waals surface area contributed by atoms with Gasteiger partial charge in [-0.05, 0) is 31.5 Å². The molecule has 0 saturated heterocycles. The number of hydrogen-bond donors (Lipinski definition) is 3. The first-order valence-electron chi connectivity index (χ1n) is 10.9. The zero-order chi connectivity index (χ0) is 23.9. The van der Waals surface area contributed by atoms with Gasteiger partial charge in [-0.2, -0.15) is 0 Å². The van der Waals surface area contributed by atoms with Crippen molar-refractivity contribution in [1.82, 2.24) is 15.7 Å². The Morgan fingerprint density at radius 2 is 1.61 bits per heavy atom. The minimum absolute atomic E-state index is 0.129. The Balaban J connectivity index is 1.75. The van der Waals surface area contributed by atoms with Crippen molar-refractivity contribution < 1.29 is 28.2 Å². The van der Waals surface area contributed by atoms with Gasteiger partial charge in [0.15, 0.2) is 0 Å². The predicted octanol–water partition coefficient (Wildman–Crippen LogP) is 3.32. The van der Waals surface area contributed by atoms with Crippen LogP contribution in [0.2, 0.25) is 0 Å². The highest BCUT2D eigenvalue weighted by molar-refractivity contribution is 7.57. The van der Waals surface area contributed by atoms with Crippen LogP contribution in [0.25, 0.3) is 0 Å². The molecule has 2 rings (SSSR count). The lowest BCUT2D eigenvalue weighted by molar-refractivity contribution is -0.144. The van der Waals surface area contributed by atoms with Gasteiger partial charge in [0.2, 0.25) is 0 Å². The van der Waals surface area contributed by atoms with Gasteiger partial charge in [-0.15, -0.1) is 0 Å². The maximum Gasteiger partial charge on any atom is 0.407 e. The van der Waals surface area contributed by atoms with Crippen molar-refractivity contribution >= 4 is 19.6 Å². The van der Waals surface area contributed by atoms with Gasteiger partial charge in [0.25, 0.3) is 0 Å². The Hall–Kier alpha value is -2.87. The van der Waals surface area contributed by atoms with Gasteiger partial charge >= 0.3 is 19.6 Å². The molecule has 1 unspecified atom stereocenters. The molecule has 2 atom stereocenters.